The molecule has 0 unspecified atom stereocenters. The van der Waals surface area contributed by atoms with E-state index in [2.05, 4.69) is 21.2 Å². The van der Waals surface area contributed by atoms with E-state index in [1.54, 1.807) is 24.3 Å². The van der Waals surface area contributed by atoms with Crippen LogP contribution in [0.5, 0.6) is 23.0 Å². The summed E-state index contributed by atoms with van der Waals surface area (Å²) in [5, 5.41) is 2.89. The molecule has 0 aromatic heterocycles. The number of nitrogens with one attached hydrogen (secondary N) is 1. The van der Waals surface area contributed by atoms with Crippen LogP contribution in [0.4, 0.5) is 5.69 Å². The topological polar surface area (TPSA) is 56.8 Å². The van der Waals surface area contributed by atoms with E-state index in [-0.39, 0.29) is 5.91 Å². The van der Waals surface area contributed by atoms with Gasteiger partial charge in [-0.1, -0.05) is 18.2 Å². The third-order valence-electron chi connectivity index (χ3n) is 3.95. The predicted molar refractivity (Wildman–Crippen MR) is 117 cm³/mol. The van der Waals surface area contributed by atoms with Gasteiger partial charge in [-0.15, -0.1) is 0 Å². The number of halogens is 1. The average molecular weight is 456 g/mol. The smallest absolute Gasteiger partial charge is 0.255 e. The minimum atomic E-state index is -0.244. The van der Waals surface area contributed by atoms with E-state index in [9.17, 15) is 4.79 Å². The Hall–Kier alpha value is -2.99. The van der Waals surface area contributed by atoms with Gasteiger partial charge in [-0.05, 0) is 78.3 Å². The second-order valence-electron chi connectivity index (χ2n) is 6.04. The van der Waals surface area contributed by atoms with Crippen LogP contribution >= 0.6 is 15.9 Å². The summed E-state index contributed by atoms with van der Waals surface area (Å²) in [4.78, 5) is 12.7. The Morgan fingerprint density at radius 3 is 2.21 bits per heavy atom. The number of amides is 1. The first kappa shape index (κ1) is 20.7. The molecule has 6 heteroatoms. The van der Waals surface area contributed by atoms with Crippen molar-refractivity contribution in [3.63, 3.8) is 0 Å². The van der Waals surface area contributed by atoms with Crippen molar-refractivity contribution in [2.24, 2.45) is 0 Å². The van der Waals surface area contributed by atoms with Gasteiger partial charge in [0.2, 0.25) is 0 Å². The lowest BCUT2D eigenvalue weighted by Crippen LogP contribution is -2.12. The molecule has 0 saturated heterocycles. The van der Waals surface area contributed by atoms with E-state index in [4.69, 9.17) is 14.2 Å². The largest absolute Gasteiger partial charge is 0.490 e. The molecule has 0 bridgehead atoms. The van der Waals surface area contributed by atoms with Crippen LogP contribution in [-0.2, 0) is 0 Å². The van der Waals surface area contributed by atoms with Gasteiger partial charge in [0.25, 0.3) is 5.91 Å². The number of hydrogen-bond donors (Lipinski definition) is 1. The molecular weight excluding hydrogens is 434 g/mol. The van der Waals surface area contributed by atoms with Gasteiger partial charge in [0.15, 0.2) is 11.5 Å². The summed E-state index contributed by atoms with van der Waals surface area (Å²) < 4.78 is 17.7. The van der Waals surface area contributed by atoms with Gasteiger partial charge < -0.3 is 19.5 Å². The summed E-state index contributed by atoms with van der Waals surface area (Å²) in [6.45, 7) is 4.76. The highest BCUT2D eigenvalue weighted by Gasteiger charge is 2.16. The van der Waals surface area contributed by atoms with Crippen molar-refractivity contribution >= 4 is 27.5 Å². The Labute approximate surface area is 178 Å². The maximum absolute atomic E-state index is 12.7. The lowest BCUT2D eigenvalue weighted by Gasteiger charge is -2.14. The number of ether oxygens (including phenoxy) is 3. The number of rotatable bonds is 8. The molecule has 29 heavy (non-hydrogen) atoms. The number of para-hydroxylation sites is 1. The molecule has 0 saturated carbocycles. The van der Waals surface area contributed by atoms with E-state index in [1.807, 2.05) is 56.3 Å². The van der Waals surface area contributed by atoms with Crippen molar-refractivity contribution in [3.05, 3.63) is 76.8 Å². The molecule has 5 nitrogen and oxygen atoms in total. The number of anilines is 1. The van der Waals surface area contributed by atoms with Crippen LogP contribution in [0.2, 0.25) is 0 Å². The van der Waals surface area contributed by atoms with Gasteiger partial charge in [0.1, 0.15) is 11.5 Å². The summed E-state index contributed by atoms with van der Waals surface area (Å²) in [5.41, 5.74) is 1.13. The molecule has 0 fully saturated rings. The Morgan fingerprint density at radius 2 is 1.55 bits per heavy atom. The van der Waals surface area contributed by atoms with E-state index in [1.165, 1.54) is 0 Å². The predicted octanol–water partition coefficient (Wildman–Crippen LogP) is 6.29. The first-order valence-corrected chi connectivity index (χ1v) is 10.1. The van der Waals surface area contributed by atoms with Crippen molar-refractivity contribution in [1.29, 1.82) is 0 Å². The van der Waals surface area contributed by atoms with Crippen LogP contribution in [0.1, 0.15) is 24.2 Å². The molecule has 0 aliphatic heterocycles. The molecule has 0 aliphatic carbocycles. The van der Waals surface area contributed by atoms with E-state index in [0.717, 1.165) is 5.75 Å². The van der Waals surface area contributed by atoms with Crippen molar-refractivity contribution in [3.8, 4) is 23.0 Å². The van der Waals surface area contributed by atoms with Gasteiger partial charge in [0.05, 0.1) is 17.7 Å². The Balaban J connectivity index is 1.72. The van der Waals surface area contributed by atoms with Crippen LogP contribution in [0, 0.1) is 0 Å². The second-order valence-corrected chi connectivity index (χ2v) is 6.90. The molecule has 0 radical (unpaired) electrons. The zero-order chi connectivity index (χ0) is 20.6. The number of benzene rings is 3. The fourth-order valence-corrected chi connectivity index (χ4v) is 3.24. The first-order chi connectivity index (χ1) is 14.1. The molecule has 0 atom stereocenters. The number of hydrogen-bond acceptors (Lipinski definition) is 4. The second kappa shape index (κ2) is 9.98. The van der Waals surface area contributed by atoms with Crippen LogP contribution in [0.3, 0.4) is 0 Å². The monoisotopic (exact) mass is 455 g/mol. The molecule has 3 rings (SSSR count). The number of carbonyl (C=O) groups excluding carboxylic acids is 1. The van der Waals surface area contributed by atoms with E-state index >= 15 is 0 Å². The molecular formula is C23H22BrNO4. The quantitative estimate of drug-likeness (QED) is 0.433. The fraction of sp³-hybridized carbons (Fsp3) is 0.174. The molecule has 0 aliphatic rings. The average Bonchev–Trinajstić information content (AvgIpc) is 2.72. The van der Waals surface area contributed by atoms with Gasteiger partial charge >= 0.3 is 0 Å². The standard InChI is InChI=1S/C23H22BrNO4/c1-3-27-21-15-16(14-20(24)22(21)28-4-2)23(26)25-17-10-12-19(13-11-17)29-18-8-6-5-7-9-18/h5-15H,3-4H2,1-2H3,(H,25,26). The maximum atomic E-state index is 12.7. The van der Waals surface area contributed by atoms with Crippen molar-refractivity contribution < 1.29 is 19.0 Å². The highest BCUT2D eigenvalue weighted by molar-refractivity contribution is 9.10. The molecule has 3 aromatic carbocycles. The van der Waals surface area contributed by atoms with Gasteiger partial charge in [-0.25, -0.2) is 0 Å². The SMILES string of the molecule is CCOc1cc(C(=O)Nc2ccc(Oc3ccccc3)cc2)cc(Br)c1OCC. The lowest BCUT2D eigenvalue weighted by atomic mass is 10.1. The van der Waals surface area contributed by atoms with Crippen LogP contribution in [-0.4, -0.2) is 19.1 Å². The van der Waals surface area contributed by atoms with E-state index in [0.29, 0.717) is 46.2 Å². The first-order valence-electron chi connectivity index (χ1n) is 9.34. The van der Waals surface area contributed by atoms with Crippen LogP contribution < -0.4 is 19.5 Å². The Morgan fingerprint density at radius 1 is 0.897 bits per heavy atom. The highest BCUT2D eigenvalue weighted by Crippen LogP contribution is 2.37. The van der Waals surface area contributed by atoms with Gasteiger partial charge in [-0.2, -0.15) is 0 Å². The van der Waals surface area contributed by atoms with Crippen molar-refractivity contribution in [1.82, 2.24) is 0 Å². The van der Waals surface area contributed by atoms with Gasteiger partial charge in [-0.3, -0.25) is 4.79 Å². The molecule has 150 valence electrons. The van der Waals surface area contributed by atoms with Crippen molar-refractivity contribution in [2.45, 2.75) is 13.8 Å². The fourth-order valence-electron chi connectivity index (χ4n) is 2.68. The van der Waals surface area contributed by atoms with Crippen LogP contribution in [0.15, 0.2) is 71.2 Å². The van der Waals surface area contributed by atoms with Crippen molar-refractivity contribution in [2.75, 3.05) is 18.5 Å². The zero-order valence-corrected chi connectivity index (χ0v) is 17.9. The molecule has 1 amide bonds. The van der Waals surface area contributed by atoms with Crippen LogP contribution in [0.25, 0.3) is 0 Å². The summed E-state index contributed by atoms with van der Waals surface area (Å²) in [7, 11) is 0. The lowest BCUT2D eigenvalue weighted by molar-refractivity contribution is 0.102. The number of carbonyl (C=O) groups is 1. The molecule has 3 aromatic rings. The minimum Gasteiger partial charge on any atom is -0.490 e. The summed E-state index contributed by atoms with van der Waals surface area (Å²) in [6, 6.07) is 20.1. The Kier molecular flexibility index (Phi) is 7.14. The summed E-state index contributed by atoms with van der Waals surface area (Å²) >= 11 is 3.46. The summed E-state index contributed by atoms with van der Waals surface area (Å²) in [5.74, 6) is 2.32. The third kappa shape index (κ3) is 5.51. The van der Waals surface area contributed by atoms with E-state index < -0.39 is 0 Å². The molecule has 0 spiro atoms. The molecule has 0 heterocycles. The summed E-state index contributed by atoms with van der Waals surface area (Å²) in [6.07, 6.45) is 0. The maximum Gasteiger partial charge on any atom is 0.255 e. The van der Waals surface area contributed by atoms with Gasteiger partial charge in [0, 0.05) is 11.3 Å². The third-order valence-corrected chi connectivity index (χ3v) is 4.54. The molecule has 1 N–H and O–H groups in total. The Bertz CT molecular complexity index is 959. The normalized spacial score (nSPS) is 10.3. The zero-order valence-electron chi connectivity index (χ0n) is 16.3. The minimum absolute atomic E-state index is 0.244. The highest BCUT2D eigenvalue weighted by atomic mass is 79.9.